The molecule has 2 aromatic rings. The number of carbonyl (C=O) groups is 2. The Morgan fingerprint density at radius 2 is 1.91 bits per heavy atom. The van der Waals surface area contributed by atoms with Crippen LogP contribution < -0.4 is 9.62 Å². The van der Waals surface area contributed by atoms with Gasteiger partial charge in [-0.15, -0.1) is 0 Å². The molecule has 34 heavy (non-hydrogen) atoms. The molecule has 2 fully saturated rings. The topological polar surface area (TPSA) is 109 Å². The molecule has 1 saturated heterocycles. The lowest BCUT2D eigenvalue weighted by Crippen LogP contribution is -2.45. The van der Waals surface area contributed by atoms with Gasteiger partial charge in [0, 0.05) is 36.5 Å². The monoisotopic (exact) mass is 504 g/mol. The van der Waals surface area contributed by atoms with Crippen molar-refractivity contribution in [2.45, 2.75) is 50.4 Å². The van der Waals surface area contributed by atoms with Crippen molar-refractivity contribution >= 4 is 39.0 Å². The van der Waals surface area contributed by atoms with Gasteiger partial charge in [-0.25, -0.2) is 18.1 Å². The second-order valence-corrected chi connectivity index (χ2v) is 11.6. The highest BCUT2D eigenvalue weighted by Crippen LogP contribution is 2.44. The summed E-state index contributed by atoms with van der Waals surface area (Å²) >= 11 is 5.74. The molecule has 2 heterocycles. The predicted molar refractivity (Wildman–Crippen MR) is 130 cm³/mol. The van der Waals surface area contributed by atoms with Crippen molar-refractivity contribution in [2.75, 3.05) is 24.2 Å². The molecule has 1 aliphatic heterocycles. The zero-order valence-electron chi connectivity index (χ0n) is 19.2. The van der Waals surface area contributed by atoms with Gasteiger partial charge in [-0.05, 0) is 43.4 Å². The second kappa shape index (κ2) is 10.1. The van der Waals surface area contributed by atoms with Gasteiger partial charge in [-0.3, -0.25) is 14.6 Å². The Hall–Kier alpha value is -2.36. The number of hydrogen-bond acceptors (Lipinski definition) is 6. The maximum Gasteiger partial charge on any atom is 0.230 e. The van der Waals surface area contributed by atoms with E-state index in [0.29, 0.717) is 25.2 Å². The van der Waals surface area contributed by atoms with Crippen LogP contribution >= 0.6 is 11.6 Å². The highest BCUT2D eigenvalue weighted by molar-refractivity contribution is 7.88. The molecule has 182 valence electrons. The number of nitrogens with one attached hydrogen (secondary N) is 1. The number of benzene rings is 1. The maximum absolute atomic E-state index is 13.2. The summed E-state index contributed by atoms with van der Waals surface area (Å²) in [5.41, 5.74) is 2.24. The Labute approximate surface area is 205 Å². The first-order valence-corrected chi connectivity index (χ1v) is 13.8. The number of ketones is 1. The van der Waals surface area contributed by atoms with Crippen molar-refractivity contribution in [1.82, 2.24) is 14.7 Å². The Morgan fingerprint density at radius 3 is 2.50 bits per heavy atom. The van der Waals surface area contributed by atoms with Crippen LogP contribution in [0.2, 0.25) is 5.15 Å². The summed E-state index contributed by atoms with van der Waals surface area (Å²) in [6.07, 6.45) is 8.82. The molecule has 1 saturated carbocycles. The lowest BCUT2D eigenvalue weighted by atomic mass is 9.64. The first kappa shape index (κ1) is 24.8. The van der Waals surface area contributed by atoms with Crippen LogP contribution in [0, 0.1) is 5.92 Å². The van der Waals surface area contributed by atoms with Gasteiger partial charge in [0.2, 0.25) is 15.9 Å². The summed E-state index contributed by atoms with van der Waals surface area (Å²) < 4.78 is 25.8. The summed E-state index contributed by atoms with van der Waals surface area (Å²) in [6.45, 7) is 1.00. The van der Waals surface area contributed by atoms with Gasteiger partial charge >= 0.3 is 0 Å². The number of carbonyl (C=O) groups excluding carboxylic acids is 2. The lowest BCUT2D eigenvalue weighted by Gasteiger charge is -2.42. The first-order valence-electron chi connectivity index (χ1n) is 11.5. The van der Waals surface area contributed by atoms with Crippen molar-refractivity contribution in [3.63, 3.8) is 0 Å². The molecular weight excluding hydrogens is 476 g/mol. The standard InChI is InChI=1S/C24H29ClN4O4S/c1-34(32,33)28-16-24(9-3-10-24)18-5-7-20(8-6-18)29-11-2-4-17(23(29)31)12-21(30)13-19-14-27-22(25)15-26-19/h5-8,14-15,17,28H,2-4,9-13,16H2,1H3/t17-/m1/s1. The van der Waals surface area contributed by atoms with E-state index in [1.165, 1.54) is 18.6 Å². The van der Waals surface area contributed by atoms with Gasteiger partial charge in [-0.2, -0.15) is 0 Å². The summed E-state index contributed by atoms with van der Waals surface area (Å²) in [5.74, 6) is -0.428. The van der Waals surface area contributed by atoms with Gasteiger partial charge in [0.25, 0.3) is 0 Å². The van der Waals surface area contributed by atoms with E-state index in [2.05, 4.69) is 14.7 Å². The summed E-state index contributed by atoms with van der Waals surface area (Å²) in [7, 11) is -3.26. The molecule has 4 rings (SSSR count). The van der Waals surface area contributed by atoms with Gasteiger partial charge in [0.1, 0.15) is 10.9 Å². The van der Waals surface area contributed by atoms with E-state index in [4.69, 9.17) is 11.6 Å². The number of sulfonamides is 1. The summed E-state index contributed by atoms with van der Waals surface area (Å²) in [5, 5.41) is 0.273. The number of nitrogens with zero attached hydrogens (tertiary/aromatic N) is 3. The molecule has 1 aromatic carbocycles. The van der Waals surface area contributed by atoms with Crippen LogP contribution in [0.25, 0.3) is 0 Å². The van der Waals surface area contributed by atoms with E-state index in [9.17, 15) is 18.0 Å². The minimum Gasteiger partial charge on any atom is -0.312 e. The Balaban J connectivity index is 1.40. The number of aromatic nitrogens is 2. The van der Waals surface area contributed by atoms with Crippen LogP contribution in [-0.4, -0.2) is 49.4 Å². The Bertz CT molecular complexity index is 1150. The molecule has 0 radical (unpaired) electrons. The van der Waals surface area contributed by atoms with Crippen molar-refractivity contribution in [3.05, 3.63) is 53.1 Å². The molecular formula is C24H29ClN4O4S. The van der Waals surface area contributed by atoms with Crippen molar-refractivity contribution < 1.29 is 18.0 Å². The molecule has 0 spiro atoms. The molecule has 1 N–H and O–H groups in total. The van der Waals surface area contributed by atoms with E-state index >= 15 is 0 Å². The third kappa shape index (κ3) is 5.82. The van der Waals surface area contributed by atoms with E-state index < -0.39 is 10.0 Å². The van der Waals surface area contributed by atoms with Crippen LogP contribution in [0.15, 0.2) is 36.7 Å². The Kier molecular flexibility index (Phi) is 7.35. The maximum atomic E-state index is 13.2. The van der Waals surface area contributed by atoms with Crippen molar-refractivity contribution in [2.24, 2.45) is 5.92 Å². The van der Waals surface area contributed by atoms with E-state index in [1.54, 1.807) is 4.90 Å². The largest absolute Gasteiger partial charge is 0.312 e. The average molecular weight is 505 g/mol. The number of halogens is 1. The van der Waals surface area contributed by atoms with E-state index in [0.717, 1.165) is 36.9 Å². The van der Waals surface area contributed by atoms with E-state index in [-0.39, 0.29) is 41.0 Å². The highest BCUT2D eigenvalue weighted by atomic mass is 35.5. The van der Waals surface area contributed by atoms with Crippen LogP contribution in [0.1, 0.15) is 49.8 Å². The van der Waals surface area contributed by atoms with Gasteiger partial charge in [0.15, 0.2) is 0 Å². The first-order chi connectivity index (χ1) is 16.2. The molecule has 1 aliphatic carbocycles. The van der Waals surface area contributed by atoms with E-state index in [1.807, 2.05) is 24.3 Å². The van der Waals surface area contributed by atoms with Crippen molar-refractivity contribution in [1.29, 1.82) is 0 Å². The van der Waals surface area contributed by atoms with Gasteiger partial charge in [0.05, 0.1) is 30.8 Å². The summed E-state index contributed by atoms with van der Waals surface area (Å²) in [6, 6.07) is 7.86. The van der Waals surface area contributed by atoms with Gasteiger partial charge in [-0.1, -0.05) is 30.2 Å². The van der Waals surface area contributed by atoms with Crippen LogP contribution in [0.5, 0.6) is 0 Å². The van der Waals surface area contributed by atoms with Gasteiger partial charge < -0.3 is 4.90 Å². The zero-order valence-corrected chi connectivity index (χ0v) is 20.7. The fraction of sp³-hybridized carbons (Fsp3) is 0.500. The molecule has 8 nitrogen and oxygen atoms in total. The van der Waals surface area contributed by atoms with Crippen LogP contribution in [-0.2, 0) is 31.4 Å². The van der Waals surface area contributed by atoms with Crippen LogP contribution in [0.4, 0.5) is 5.69 Å². The SMILES string of the molecule is CS(=O)(=O)NCC1(c2ccc(N3CCC[C@H](CC(=O)Cc4cnc(Cl)cn4)C3=O)cc2)CCC1. The summed E-state index contributed by atoms with van der Waals surface area (Å²) in [4.78, 5) is 35.5. The second-order valence-electron chi connectivity index (χ2n) is 9.35. The molecule has 1 amide bonds. The third-order valence-electron chi connectivity index (χ3n) is 6.85. The fourth-order valence-corrected chi connectivity index (χ4v) is 5.45. The normalized spacial score (nSPS) is 20.1. The molecule has 1 atom stereocenters. The lowest BCUT2D eigenvalue weighted by molar-refractivity contribution is -0.128. The fourth-order valence-electron chi connectivity index (χ4n) is 4.81. The quantitative estimate of drug-likeness (QED) is 0.562. The minimum atomic E-state index is -3.26. The molecule has 10 heteroatoms. The number of Topliss-reactive ketones (excluding diaryl/α,β-unsaturated/α-hetero) is 1. The van der Waals surface area contributed by atoms with Crippen LogP contribution in [0.3, 0.4) is 0 Å². The number of piperidine rings is 1. The third-order valence-corrected chi connectivity index (χ3v) is 7.71. The molecule has 2 aliphatic rings. The predicted octanol–water partition coefficient (Wildman–Crippen LogP) is 3.05. The molecule has 1 aromatic heterocycles. The molecule has 0 bridgehead atoms. The Morgan fingerprint density at radius 1 is 1.18 bits per heavy atom. The number of hydrogen-bond donors (Lipinski definition) is 1. The van der Waals surface area contributed by atoms with Crippen molar-refractivity contribution in [3.8, 4) is 0 Å². The number of rotatable bonds is 9. The average Bonchev–Trinajstić information content (AvgIpc) is 2.76. The number of anilines is 1. The number of amides is 1. The highest BCUT2D eigenvalue weighted by Gasteiger charge is 2.39. The molecule has 0 unspecified atom stereocenters. The smallest absolute Gasteiger partial charge is 0.230 e. The zero-order chi connectivity index (χ0) is 24.3. The minimum absolute atomic E-state index is 0.0355.